The molecule has 8 aliphatic rings. The molecule has 8 aliphatic carbocycles. The number of allylic oxidation sites excluding steroid dienone is 4. The molecule has 0 saturated heterocycles. The summed E-state index contributed by atoms with van der Waals surface area (Å²) in [6.45, 7) is 19.6. The van der Waals surface area contributed by atoms with E-state index in [1.165, 1.54) is 75.3 Å². The largest absolute Gasteiger partial charge is 2.00 e. The van der Waals surface area contributed by atoms with Gasteiger partial charge >= 0.3 is 26.2 Å². The molecule has 2 aromatic rings. The summed E-state index contributed by atoms with van der Waals surface area (Å²) in [4.78, 5) is 0. The van der Waals surface area contributed by atoms with E-state index in [-0.39, 0.29) is 67.3 Å². The van der Waals surface area contributed by atoms with E-state index in [0.29, 0.717) is 17.3 Å². The fourth-order valence-electron chi connectivity index (χ4n) is 13.7. The molecule has 2 aromatic carbocycles. The third-order valence-corrected chi connectivity index (χ3v) is 15.8. The van der Waals surface area contributed by atoms with Crippen LogP contribution in [0.15, 0.2) is 59.2 Å². The molecule has 4 bridgehead atoms. The molecule has 0 nitrogen and oxygen atoms in total. The van der Waals surface area contributed by atoms with E-state index in [1.807, 2.05) is 16.7 Å². The zero-order chi connectivity index (χ0) is 33.4. The molecule has 0 amide bonds. The zero-order valence-electron chi connectivity index (χ0n) is 33.0. The SMILES string of the molecule is CC(C)C1(C2c3ccc(C(C)(C)C)cc3-c3cc(C(C)(C)C)ccc32)CC(C2CCCCC2)C2=C1C=C(C13CC4CC(CC(C4)C1)C3)C2.[Cl-].[Cl-].[Zr+2]. The Morgan fingerprint density at radius 3 is 1.61 bits per heavy atom. The van der Waals surface area contributed by atoms with Crippen LogP contribution in [0.4, 0.5) is 0 Å². The molecule has 0 N–H and O–H groups in total. The van der Waals surface area contributed by atoms with Gasteiger partial charge in [0.25, 0.3) is 0 Å². The molecule has 274 valence electrons. The molecule has 51 heavy (non-hydrogen) atoms. The van der Waals surface area contributed by atoms with E-state index in [2.05, 4.69) is 97.9 Å². The fourth-order valence-corrected chi connectivity index (χ4v) is 13.7. The second kappa shape index (κ2) is 13.8. The number of hydrogen-bond acceptors (Lipinski definition) is 0. The molecular weight excluding hydrogens is 739 g/mol. The monoisotopic (exact) mass is 800 g/mol. The third-order valence-electron chi connectivity index (χ3n) is 15.8. The van der Waals surface area contributed by atoms with E-state index >= 15 is 0 Å². The maximum atomic E-state index is 2.95. The molecule has 3 heteroatoms. The molecule has 0 heterocycles. The first-order chi connectivity index (χ1) is 22.8. The van der Waals surface area contributed by atoms with Crippen LogP contribution >= 0.6 is 0 Å². The van der Waals surface area contributed by atoms with Gasteiger partial charge in [-0.25, -0.2) is 0 Å². The van der Waals surface area contributed by atoms with E-state index in [4.69, 9.17) is 0 Å². The maximum absolute atomic E-state index is 2.95. The van der Waals surface area contributed by atoms with Crippen molar-refractivity contribution in [3.05, 3.63) is 81.4 Å². The Morgan fingerprint density at radius 2 is 1.16 bits per heavy atom. The fraction of sp³-hybridized carbons (Fsp3) is 0.667. The van der Waals surface area contributed by atoms with Gasteiger partial charge in [-0.2, -0.15) is 0 Å². The average Bonchev–Trinajstić information content (AvgIpc) is 3.70. The van der Waals surface area contributed by atoms with E-state index < -0.39 is 0 Å². The van der Waals surface area contributed by atoms with Gasteiger partial charge < -0.3 is 24.8 Å². The van der Waals surface area contributed by atoms with Crippen LogP contribution in [0.1, 0.15) is 167 Å². The third kappa shape index (κ3) is 6.23. The Hall–Kier alpha value is -0.617. The van der Waals surface area contributed by atoms with E-state index in [1.54, 1.807) is 41.5 Å². The van der Waals surface area contributed by atoms with E-state index in [9.17, 15) is 0 Å². The summed E-state index contributed by atoms with van der Waals surface area (Å²) >= 11 is 0. The number of rotatable bonds is 4. The van der Waals surface area contributed by atoms with Crippen molar-refractivity contribution >= 4 is 0 Å². The number of halogens is 2. The molecule has 2 unspecified atom stereocenters. The molecule has 0 aromatic heterocycles. The quantitative estimate of drug-likeness (QED) is 0.301. The summed E-state index contributed by atoms with van der Waals surface area (Å²) in [5.74, 6) is 5.74. The minimum absolute atomic E-state index is 0. The van der Waals surface area contributed by atoms with Crippen LogP contribution in [0, 0.1) is 46.3 Å². The van der Waals surface area contributed by atoms with Crippen LogP contribution in [0.2, 0.25) is 0 Å². The van der Waals surface area contributed by atoms with Crippen molar-refractivity contribution in [2.75, 3.05) is 0 Å². The molecule has 5 saturated carbocycles. The number of hydrogen-bond donors (Lipinski definition) is 0. The van der Waals surface area contributed by atoms with Crippen molar-refractivity contribution < 1.29 is 51.0 Å². The van der Waals surface area contributed by atoms with Crippen molar-refractivity contribution in [3.63, 3.8) is 0 Å². The minimum atomic E-state index is 0. The van der Waals surface area contributed by atoms with Gasteiger partial charge in [0.1, 0.15) is 0 Å². The maximum Gasteiger partial charge on any atom is 2.00 e. The molecular formula is C48H64Cl2Zr. The van der Waals surface area contributed by atoms with Crippen LogP contribution in [-0.2, 0) is 37.0 Å². The Balaban J connectivity index is 0.00000149. The predicted octanol–water partition coefficient (Wildman–Crippen LogP) is 7.49. The van der Waals surface area contributed by atoms with Crippen molar-refractivity contribution in [2.24, 2.45) is 46.3 Å². The second-order valence-corrected chi connectivity index (χ2v) is 20.9. The van der Waals surface area contributed by atoms with Gasteiger partial charge in [0.05, 0.1) is 0 Å². The summed E-state index contributed by atoms with van der Waals surface area (Å²) in [5, 5.41) is 0. The van der Waals surface area contributed by atoms with Gasteiger partial charge in [0, 0.05) is 11.3 Å². The van der Waals surface area contributed by atoms with Crippen molar-refractivity contribution in [2.45, 2.75) is 156 Å². The first-order valence-corrected chi connectivity index (χ1v) is 20.5. The molecule has 0 aliphatic heterocycles. The van der Waals surface area contributed by atoms with Crippen molar-refractivity contribution in [3.8, 4) is 11.1 Å². The van der Waals surface area contributed by atoms with Gasteiger partial charge in [-0.05, 0) is 155 Å². The Morgan fingerprint density at radius 1 is 0.667 bits per heavy atom. The Kier molecular flexibility index (Phi) is 10.9. The summed E-state index contributed by atoms with van der Waals surface area (Å²) < 4.78 is 0. The molecule has 10 rings (SSSR count). The van der Waals surface area contributed by atoms with Crippen LogP contribution in [0.25, 0.3) is 11.1 Å². The molecule has 0 radical (unpaired) electrons. The van der Waals surface area contributed by atoms with Crippen molar-refractivity contribution in [1.29, 1.82) is 0 Å². The van der Waals surface area contributed by atoms with Crippen LogP contribution in [0.3, 0.4) is 0 Å². The van der Waals surface area contributed by atoms with Gasteiger partial charge in [0.15, 0.2) is 0 Å². The second-order valence-electron chi connectivity index (χ2n) is 20.9. The Labute approximate surface area is 343 Å². The van der Waals surface area contributed by atoms with Crippen molar-refractivity contribution in [1.82, 2.24) is 0 Å². The molecule has 2 atom stereocenters. The van der Waals surface area contributed by atoms with Crippen LogP contribution in [-0.4, -0.2) is 0 Å². The summed E-state index contributed by atoms with van der Waals surface area (Å²) in [6.07, 6.45) is 22.1. The predicted molar refractivity (Wildman–Crippen MR) is 203 cm³/mol. The molecule has 5 fully saturated rings. The summed E-state index contributed by atoms with van der Waals surface area (Å²) in [7, 11) is 0. The smallest absolute Gasteiger partial charge is 1.00 e. The minimum Gasteiger partial charge on any atom is -1.00 e. The van der Waals surface area contributed by atoms with Gasteiger partial charge in [0.2, 0.25) is 0 Å². The van der Waals surface area contributed by atoms with Gasteiger partial charge in [-0.3, -0.25) is 0 Å². The first kappa shape index (κ1) is 40.1. The number of benzene rings is 2. The normalized spacial score (nSPS) is 32.6. The topological polar surface area (TPSA) is 0 Å². The van der Waals surface area contributed by atoms with Crippen LogP contribution < -0.4 is 24.8 Å². The summed E-state index contributed by atoms with van der Waals surface area (Å²) in [6, 6.07) is 15.4. The van der Waals surface area contributed by atoms with Gasteiger partial charge in [-0.1, -0.05) is 128 Å². The summed E-state index contributed by atoms with van der Waals surface area (Å²) in [5.41, 5.74) is 16.0. The van der Waals surface area contributed by atoms with E-state index in [0.717, 1.165) is 29.6 Å². The standard InChI is InChI=1S/C48H64.2ClH.Zr/c1-29(2)48(44-37-16-14-34(45(3,4)5)21-39(37)40-22-35(46(6,7)8)15-17-38(40)44)28-42(33-12-10-9-11-13-33)41-23-36(24-43(41)48)47-25-30-18-31(26-47)20-32(19-30)27-47;;;/h14-17,21-22,24,29-33,42,44H,9-13,18-20,23,25-28H2,1-8H3;2*1H;/q;;;+2/p-2. The number of fused-ring (bicyclic) bond motifs is 3. The zero-order valence-corrected chi connectivity index (χ0v) is 37.0. The van der Waals surface area contributed by atoms with Gasteiger partial charge in [-0.15, -0.1) is 0 Å². The first-order valence-electron chi connectivity index (χ1n) is 20.5. The Bertz CT molecular complexity index is 1610. The molecule has 0 spiro atoms. The van der Waals surface area contributed by atoms with Crippen LogP contribution in [0.5, 0.6) is 0 Å². The average molecular weight is 803 g/mol.